The Morgan fingerprint density at radius 3 is 1.76 bits per heavy atom. The second kappa shape index (κ2) is 10.1. The summed E-state index contributed by atoms with van der Waals surface area (Å²) >= 11 is 12.0. The molecule has 42 heavy (non-hydrogen) atoms. The number of nitrogens with one attached hydrogen (secondary N) is 1. The molecule has 1 aliphatic heterocycles. The lowest BCUT2D eigenvalue weighted by molar-refractivity contribution is -0.122. The molecule has 2 atom stereocenters. The molecule has 4 aromatic carbocycles. The highest BCUT2D eigenvalue weighted by molar-refractivity contribution is 6.44. The number of halogens is 2. The Kier molecular flexibility index (Phi) is 6.37. The first-order valence-corrected chi connectivity index (χ1v) is 14.2. The molecule has 4 aromatic rings. The average molecular weight is 597 g/mol. The van der Waals surface area contributed by atoms with Gasteiger partial charge in [0.1, 0.15) is 0 Å². The van der Waals surface area contributed by atoms with Crippen molar-refractivity contribution in [2.24, 2.45) is 11.8 Å². The van der Waals surface area contributed by atoms with Crippen LogP contribution in [-0.2, 0) is 19.1 Å². The monoisotopic (exact) mass is 596 g/mol. The summed E-state index contributed by atoms with van der Waals surface area (Å²) in [6.07, 6.45) is 0. The zero-order chi connectivity index (χ0) is 29.1. The molecular formula is C33H22Cl2N2O5. The van der Waals surface area contributed by atoms with Crippen LogP contribution in [0.3, 0.4) is 0 Å². The largest absolute Gasteiger partial charge is 0.452 e. The molecule has 4 aliphatic rings. The summed E-state index contributed by atoms with van der Waals surface area (Å²) in [6, 6.07) is 27.0. The quantitative estimate of drug-likeness (QED) is 0.219. The minimum Gasteiger partial charge on any atom is -0.452 e. The summed E-state index contributed by atoms with van der Waals surface area (Å²) < 4.78 is 5.15. The molecule has 0 saturated carbocycles. The van der Waals surface area contributed by atoms with Crippen LogP contribution in [-0.4, -0.2) is 30.3 Å². The number of imide groups is 1. The molecule has 1 heterocycles. The van der Waals surface area contributed by atoms with E-state index in [1.54, 1.807) is 30.3 Å². The molecule has 7 nitrogen and oxygen atoms in total. The van der Waals surface area contributed by atoms with Crippen molar-refractivity contribution >= 4 is 58.3 Å². The highest BCUT2D eigenvalue weighted by Gasteiger charge is 2.61. The van der Waals surface area contributed by atoms with Crippen molar-refractivity contribution in [3.05, 3.63) is 129 Å². The third-order valence-corrected chi connectivity index (χ3v) is 9.19. The lowest BCUT2D eigenvalue weighted by Crippen LogP contribution is -2.41. The lowest BCUT2D eigenvalue weighted by Gasteiger charge is -2.45. The minimum atomic E-state index is -0.731. The Hall–Kier alpha value is -4.46. The molecule has 0 unspecified atom stereocenters. The molecule has 1 saturated heterocycles. The summed E-state index contributed by atoms with van der Waals surface area (Å²) in [5.41, 5.74) is 5.26. The van der Waals surface area contributed by atoms with E-state index in [9.17, 15) is 19.2 Å². The van der Waals surface area contributed by atoms with E-state index in [1.165, 1.54) is 17.0 Å². The zero-order valence-corrected chi connectivity index (χ0v) is 23.4. The zero-order valence-electron chi connectivity index (χ0n) is 21.9. The number of hydrogen-bond donors (Lipinski definition) is 1. The number of rotatable bonds is 5. The second-order valence-electron chi connectivity index (χ2n) is 10.5. The van der Waals surface area contributed by atoms with Gasteiger partial charge in [-0.3, -0.25) is 14.4 Å². The van der Waals surface area contributed by atoms with Crippen LogP contribution < -0.4 is 10.2 Å². The number of carbonyl (C=O) groups excluding carboxylic acids is 4. The van der Waals surface area contributed by atoms with Crippen LogP contribution in [0.25, 0.3) is 0 Å². The van der Waals surface area contributed by atoms with Gasteiger partial charge in [0.2, 0.25) is 11.8 Å². The molecule has 1 N–H and O–H groups in total. The Bertz CT molecular complexity index is 1690. The first-order chi connectivity index (χ1) is 20.3. The third-order valence-electron chi connectivity index (χ3n) is 8.37. The summed E-state index contributed by atoms with van der Waals surface area (Å²) in [4.78, 5) is 54.0. The fraction of sp³-hybridized carbons (Fsp3) is 0.152. The number of benzene rings is 4. The third kappa shape index (κ3) is 4.03. The SMILES string of the molecule is O=C(COC(=O)c1ccc(N2C(=O)[C@@H]3C4c5ccccc5C(c5ccccc54)[C@H]3C2=O)cc1)Nc1cccc(Cl)c1Cl. The summed E-state index contributed by atoms with van der Waals surface area (Å²) in [5.74, 6) is -3.19. The summed E-state index contributed by atoms with van der Waals surface area (Å²) in [7, 11) is 0. The van der Waals surface area contributed by atoms with Crippen LogP contribution in [0.4, 0.5) is 11.4 Å². The summed E-state index contributed by atoms with van der Waals surface area (Å²) in [6.45, 7) is -0.542. The van der Waals surface area contributed by atoms with Gasteiger partial charge in [-0.05, 0) is 58.7 Å². The molecule has 1 fully saturated rings. The maximum atomic E-state index is 13.9. The predicted octanol–water partition coefficient (Wildman–Crippen LogP) is 6.19. The van der Waals surface area contributed by atoms with Gasteiger partial charge in [-0.25, -0.2) is 9.69 Å². The Morgan fingerprint density at radius 1 is 0.714 bits per heavy atom. The summed E-state index contributed by atoms with van der Waals surface area (Å²) in [5, 5.41) is 3.01. The highest BCUT2D eigenvalue weighted by atomic mass is 35.5. The minimum absolute atomic E-state index is 0.170. The van der Waals surface area contributed by atoms with Crippen molar-refractivity contribution in [1.82, 2.24) is 0 Å². The fourth-order valence-electron chi connectivity index (χ4n) is 6.68. The molecule has 2 bridgehead atoms. The number of nitrogens with zero attached hydrogens (tertiary/aromatic N) is 1. The van der Waals surface area contributed by atoms with Crippen LogP contribution >= 0.6 is 23.2 Å². The Balaban J connectivity index is 1.09. The van der Waals surface area contributed by atoms with Crippen LogP contribution in [0, 0.1) is 11.8 Å². The van der Waals surface area contributed by atoms with Crippen molar-refractivity contribution in [1.29, 1.82) is 0 Å². The molecule has 208 valence electrons. The van der Waals surface area contributed by atoms with E-state index in [-0.39, 0.29) is 39.3 Å². The maximum Gasteiger partial charge on any atom is 0.338 e. The molecular weight excluding hydrogens is 575 g/mol. The van der Waals surface area contributed by atoms with Crippen molar-refractivity contribution in [2.75, 3.05) is 16.8 Å². The topological polar surface area (TPSA) is 92.8 Å². The van der Waals surface area contributed by atoms with Gasteiger partial charge in [-0.1, -0.05) is 77.8 Å². The van der Waals surface area contributed by atoms with Gasteiger partial charge in [0.05, 0.1) is 38.8 Å². The van der Waals surface area contributed by atoms with Crippen LogP contribution in [0.15, 0.2) is 91.0 Å². The van der Waals surface area contributed by atoms with E-state index in [4.69, 9.17) is 27.9 Å². The van der Waals surface area contributed by atoms with E-state index in [1.807, 2.05) is 24.3 Å². The smallest absolute Gasteiger partial charge is 0.338 e. The van der Waals surface area contributed by atoms with Crippen molar-refractivity contribution in [2.45, 2.75) is 11.8 Å². The van der Waals surface area contributed by atoms with Gasteiger partial charge in [-0.2, -0.15) is 0 Å². The van der Waals surface area contributed by atoms with E-state index in [0.29, 0.717) is 11.4 Å². The van der Waals surface area contributed by atoms with E-state index in [0.717, 1.165) is 22.3 Å². The number of ether oxygens (including phenoxy) is 1. The highest BCUT2D eigenvalue weighted by Crippen LogP contribution is 2.61. The van der Waals surface area contributed by atoms with Crippen molar-refractivity contribution in [3.63, 3.8) is 0 Å². The number of amides is 3. The molecule has 0 aromatic heterocycles. The normalized spacial score (nSPS) is 21.4. The van der Waals surface area contributed by atoms with Crippen LogP contribution in [0.1, 0.15) is 44.4 Å². The Labute approximate surface area is 251 Å². The second-order valence-corrected chi connectivity index (χ2v) is 11.3. The van der Waals surface area contributed by atoms with Gasteiger partial charge in [0.15, 0.2) is 6.61 Å². The molecule has 0 radical (unpaired) electrons. The first-order valence-electron chi connectivity index (χ1n) is 13.4. The number of esters is 1. The molecule has 3 amide bonds. The van der Waals surface area contributed by atoms with Crippen molar-refractivity contribution < 1.29 is 23.9 Å². The Morgan fingerprint density at radius 2 is 1.24 bits per heavy atom. The molecule has 8 rings (SSSR count). The lowest BCUT2D eigenvalue weighted by atomic mass is 9.55. The molecule has 9 heteroatoms. The van der Waals surface area contributed by atoms with Gasteiger partial charge < -0.3 is 10.1 Å². The van der Waals surface area contributed by atoms with Gasteiger partial charge in [-0.15, -0.1) is 0 Å². The molecule has 0 spiro atoms. The van der Waals surface area contributed by atoms with Gasteiger partial charge >= 0.3 is 5.97 Å². The van der Waals surface area contributed by atoms with Gasteiger partial charge in [0.25, 0.3) is 5.91 Å². The maximum absolute atomic E-state index is 13.9. The molecule has 3 aliphatic carbocycles. The van der Waals surface area contributed by atoms with E-state index in [2.05, 4.69) is 29.6 Å². The number of hydrogen-bond acceptors (Lipinski definition) is 5. The van der Waals surface area contributed by atoms with Crippen LogP contribution in [0.5, 0.6) is 0 Å². The van der Waals surface area contributed by atoms with Crippen molar-refractivity contribution in [3.8, 4) is 0 Å². The average Bonchev–Trinajstić information content (AvgIpc) is 3.28. The predicted molar refractivity (Wildman–Crippen MR) is 158 cm³/mol. The number of anilines is 2. The number of carbonyl (C=O) groups is 4. The van der Waals surface area contributed by atoms with Crippen LogP contribution in [0.2, 0.25) is 10.0 Å². The van der Waals surface area contributed by atoms with E-state index < -0.39 is 30.3 Å². The van der Waals surface area contributed by atoms with Gasteiger partial charge in [0, 0.05) is 11.8 Å². The standard InChI is InChI=1S/C33H22Cl2N2O5/c34-23-10-5-11-24(30(23)35)36-25(38)16-42-33(41)17-12-14-18(15-13-17)37-31(39)28-26-19-6-1-2-7-20(19)27(29(28)32(37)40)22-9-4-3-8-21(22)26/h1-15,26-29H,16H2,(H,36,38)/t26?,27?,28-,29-/m1/s1. The fourth-order valence-corrected chi connectivity index (χ4v) is 7.03. The van der Waals surface area contributed by atoms with E-state index >= 15 is 0 Å². The first kappa shape index (κ1) is 26.4.